The molecule has 0 unspecified atom stereocenters. The van der Waals surface area contributed by atoms with Crippen molar-refractivity contribution in [2.75, 3.05) is 5.73 Å². The largest absolute Gasteiger partial charge is 0.385 e. The third-order valence-corrected chi connectivity index (χ3v) is 3.40. The molecule has 1 aromatic rings. The van der Waals surface area contributed by atoms with Crippen molar-refractivity contribution in [1.82, 2.24) is 9.55 Å². The quantitative estimate of drug-likeness (QED) is 0.741. The van der Waals surface area contributed by atoms with Crippen LogP contribution in [-0.4, -0.2) is 9.55 Å². The van der Waals surface area contributed by atoms with Crippen molar-refractivity contribution in [3.8, 4) is 0 Å². The highest BCUT2D eigenvalue weighted by Crippen LogP contribution is 2.33. The van der Waals surface area contributed by atoms with Gasteiger partial charge >= 0.3 is 5.69 Å². The number of rotatable bonds is 1. The van der Waals surface area contributed by atoms with Gasteiger partial charge in [0.05, 0.1) is 0 Å². The minimum absolute atomic E-state index is 0.123. The van der Waals surface area contributed by atoms with Crippen molar-refractivity contribution in [2.24, 2.45) is 5.92 Å². The van der Waals surface area contributed by atoms with E-state index in [0.29, 0.717) is 5.92 Å². The maximum Gasteiger partial charge on any atom is 0.330 e. The fourth-order valence-electron chi connectivity index (χ4n) is 2.55. The molecule has 16 heavy (non-hydrogen) atoms. The molecule has 1 heterocycles. The summed E-state index contributed by atoms with van der Waals surface area (Å²) < 4.78 is 1.53. The number of hydrogen-bond donors (Lipinski definition) is 2. The molecule has 2 atom stereocenters. The molecule has 2 rings (SSSR count). The summed E-state index contributed by atoms with van der Waals surface area (Å²) in [6.07, 6.45) is 4.38. The van der Waals surface area contributed by atoms with E-state index in [1.165, 1.54) is 17.1 Å². The first kappa shape index (κ1) is 11.0. The Morgan fingerprint density at radius 2 is 2.06 bits per heavy atom. The zero-order valence-corrected chi connectivity index (χ0v) is 9.40. The van der Waals surface area contributed by atoms with E-state index in [4.69, 9.17) is 5.73 Å². The van der Waals surface area contributed by atoms with Gasteiger partial charge in [0.1, 0.15) is 5.82 Å². The summed E-state index contributed by atoms with van der Waals surface area (Å²) >= 11 is 0. The van der Waals surface area contributed by atoms with Gasteiger partial charge in [0, 0.05) is 12.1 Å². The molecule has 0 aromatic carbocycles. The van der Waals surface area contributed by atoms with Crippen LogP contribution in [0.25, 0.3) is 0 Å². The van der Waals surface area contributed by atoms with Crippen molar-refractivity contribution >= 4 is 5.82 Å². The van der Waals surface area contributed by atoms with Gasteiger partial charge in [-0.1, -0.05) is 19.8 Å². The number of hydrogen-bond acceptors (Lipinski definition) is 3. The van der Waals surface area contributed by atoms with Crippen molar-refractivity contribution < 1.29 is 0 Å². The molecule has 3 N–H and O–H groups in total. The summed E-state index contributed by atoms with van der Waals surface area (Å²) in [5.74, 6) is 0.701. The topological polar surface area (TPSA) is 80.9 Å². The molecule has 5 heteroatoms. The number of aromatic amines is 1. The van der Waals surface area contributed by atoms with Gasteiger partial charge in [-0.25, -0.2) is 4.79 Å². The van der Waals surface area contributed by atoms with Crippen LogP contribution in [0.5, 0.6) is 0 Å². The molecule has 0 radical (unpaired) electrons. The Balaban J connectivity index is 2.47. The predicted octanol–water partition coefficient (Wildman–Crippen LogP) is 0.870. The lowest BCUT2D eigenvalue weighted by molar-refractivity contribution is 0.252. The second kappa shape index (κ2) is 4.15. The third-order valence-electron chi connectivity index (χ3n) is 3.40. The molecule has 1 aliphatic carbocycles. The number of aromatic nitrogens is 2. The van der Waals surface area contributed by atoms with Crippen LogP contribution in [0.1, 0.15) is 38.6 Å². The average Bonchev–Trinajstić information content (AvgIpc) is 2.19. The van der Waals surface area contributed by atoms with E-state index in [1.807, 2.05) is 0 Å². The Labute approximate surface area is 93.3 Å². The molecule has 0 bridgehead atoms. The highest BCUT2D eigenvalue weighted by atomic mass is 16.2. The lowest BCUT2D eigenvalue weighted by Crippen LogP contribution is -2.37. The van der Waals surface area contributed by atoms with Gasteiger partial charge in [-0.2, -0.15) is 0 Å². The van der Waals surface area contributed by atoms with Crippen LogP contribution in [-0.2, 0) is 0 Å². The molecule has 0 aliphatic heterocycles. The third kappa shape index (κ3) is 1.89. The van der Waals surface area contributed by atoms with E-state index in [1.54, 1.807) is 0 Å². The van der Waals surface area contributed by atoms with Crippen LogP contribution in [0.15, 0.2) is 15.7 Å². The SMILES string of the molecule is C[C@H]1CCCC[C@H]1n1c(N)cc(=O)[nH]c1=O. The Morgan fingerprint density at radius 3 is 2.69 bits per heavy atom. The first-order chi connectivity index (χ1) is 7.59. The van der Waals surface area contributed by atoms with E-state index < -0.39 is 5.56 Å². The van der Waals surface area contributed by atoms with Crippen LogP contribution in [0.2, 0.25) is 0 Å². The minimum atomic E-state index is -0.429. The van der Waals surface area contributed by atoms with Gasteiger partial charge in [0.2, 0.25) is 0 Å². The maximum absolute atomic E-state index is 11.7. The summed E-state index contributed by atoms with van der Waals surface area (Å²) in [6, 6.07) is 1.40. The predicted molar refractivity (Wildman–Crippen MR) is 62.4 cm³/mol. The number of nitrogens with zero attached hydrogens (tertiary/aromatic N) is 1. The van der Waals surface area contributed by atoms with Gasteiger partial charge in [-0.3, -0.25) is 14.3 Å². The van der Waals surface area contributed by atoms with Gasteiger partial charge in [-0.05, 0) is 18.8 Å². The molecule has 1 saturated carbocycles. The monoisotopic (exact) mass is 223 g/mol. The standard InChI is InChI=1S/C11H17N3O2/c1-7-4-2-3-5-8(7)14-9(12)6-10(15)13-11(14)16/h6-8H,2-5,12H2,1H3,(H,13,15,16)/t7-,8+/m0/s1. The maximum atomic E-state index is 11.7. The lowest BCUT2D eigenvalue weighted by Gasteiger charge is -2.30. The smallest absolute Gasteiger partial charge is 0.330 e. The first-order valence-electron chi connectivity index (χ1n) is 5.71. The van der Waals surface area contributed by atoms with Crippen LogP contribution in [0.4, 0.5) is 5.82 Å². The molecule has 0 saturated heterocycles. The second-order valence-corrected chi connectivity index (χ2v) is 4.56. The van der Waals surface area contributed by atoms with Crippen LogP contribution < -0.4 is 17.0 Å². The molecular formula is C11H17N3O2. The van der Waals surface area contributed by atoms with Crippen molar-refractivity contribution in [3.63, 3.8) is 0 Å². The normalized spacial score (nSPS) is 25.6. The van der Waals surface area contributed by atoms with E-state index >= 15 is 0 Å². The van der Waals surface area contributed by atoms with E-state index in [-0.39, 0.29) is 17.5 Å². The van der Waals surface area contributed by atoms with Gasteiger partial charge < -0.3 is 5.73 Å². The van der Waals surface area contributed by atoms with Crippen molar-refractivity contribution in [3.05, 3.63) is 26.9 Å². The molecule has 88 valence electrons. The highest BCUT2D eigenvalue weighted by Gasteiger charge is 2.25. The van der Waals surface area contributed by atoms with E-state index in [0.717, 1.165) is 19.3 Å². The molecule has 1 fully saturated rings. The highest BCUT2D eigenvalue weighted by molar-refractivity contribution is 5.27. The van der Waals surface area contributed by atoms with Gasteiger partial charge in [0.25, 0.3) is 5.56 Å². The van der Waals surface area contributed by atoms with E-state index in [2.05, 4.69) is 11.9 Å². The first-order valence-corrected chi connectivity index (χ1v) is 5.71. The Morgan fingerprint density at radius 1 is 1.38 bits per heavy atom. The molecular weight excluding hydrogens is 206 g/mol. The summed E-state index contributed by atoms with van der Waals surface area (Å²) in [4.78, 5) is 25.1. The van der Waals surface area contributed by atoms with E-state index in [9.17, 15) is 9.59 Å². The second-order valence-electron chi connectivity index (χ2n) is 4.56. The molecule has 5 nitrogen and oxygen atoms in total. The van der Waals surface area contributed by atoms with Crippen molar-refractivity contribution in [2.45, 2.75) is 38.6 Å². The minimum Gasteiger partial charge on any atom is -0.385 e. The Kier molecular flexibility index (Phi) is 2.85. The zero-order valence-electron chi connectivity index (χ0n) is 9.40. The molecule has 1 aliphatic rings. The fourth-order valence-corrected chi connectivity index (χ4v) is 2.55. The van der Waals surface area contributed by atoms with Gasteiger partial charge in [0.15, 0.2) is 0 Å². The van der Waals surface area contributed by atoms with Crippen LogP contribution >= 0.6 is 0 Å². The van der Waals surface area contributed by atoms with Gasteiger partial charge in [-0.15, -0.1) is 0 Å². The zero-order chi connectivity index (χ0) is 11.7. The fraction of sp³-hybridized carbons (Fsp3) is 0.636. The van der Waals surface area contributed by atoms with Crippen LogP contribution in [0, 0.1) is 5.92 Å². The summed E-state index contributed by atoms with van der Waals surface area (Å²) in [5, 5.41) is 0. The molecule has 1 aromatic heterocycles. The van der Waals surface area contributed by atoms with Crippen LogP contribution in [0.3, 0.4) is 0 Å². The Bertz CT molecular complexity index is 489. The number of nitrogens with one attached hydrogen (secondary N) is 1. The molecule has 0 spiro atoms. The molecule has 0 amide bonds. The summed E-state index contributed by atoms with van der Waals surface area (Å²) in [5.41, 5.74) is 4.94. The summed E-state index contributed by atoms with van der Waals surface area (Å²) in [6.45, 7) is 2.13. The number of nitrogens with two attached hydrogens (primary N) is 1. The number of nitrogen functional groups attached to an aromatic ring is 1. The number of H-pyrrole nitrogens is 1. The lowest BCUT2D eigenvalue weighted by atomic mass is 9.86. The Hall–Kier alpha value is -1.52. The summed E-state index contributed by atoms with van der Waals surface area (Å²) in [7, 11) is 0. The number of anilines is 1. The average molecular weight is 223 g/mol. The van der Waals surface area contributed by atoms with Crippen molar-refractivity contribution in [1.29, 1.82) is 0 Å².